The average Bonchev–Trinajstić information content (AvgIpc) is 3.08. The number of nitrogens with zero attached hydrogens (tertiary/aromatic N) is 3. The summed E-state index contributed by atoms with van der Waals surface area (Å²) in [4.78, 5) is 26.0. The van der Waals surface area contributed by atoms with E-state index in [0.29, 0.717) is 13.1 Å². The highest BCUT2D eigenvalue weighted by atomic mass is 16.2. The molecule has 0 radical (unpaired) electrons. The lowest BCUT2D eigenvalue weighted by molar-refractivity contribution is -0.124. The summed E-state index contributed by atoms with van der Waals surface area (Å²) in [5, 5.41) is 7.06. The van der Waals surface area contributed by atoms with Crippen LogP contribution >= 0.6 is 0 Å². The molecule has 1 aliphatic heterocycles. The van der Waals surface area contributed by atoms with Crippen LogP contribution < -0.4 is 15.8 Å². The van der Waals surface area contributed by atoms with Gasteiger partial charge in [-0.3, -0.25) is 9.59 Å². The van der Waals surface area contributed by atoms with Gasteiger partial charge in [-0.25, -0.2) is 4.68 Å². The molecular formula is C18H22N4O2. The number of rotatable bonds is 5. The molecule has 2 aromatic rings. The second kappa shape index (κ2) is 7.29. The Morgan fingerprint density at radius 1 is 1.33 bits per heavy atom. The number of carbonyl (C=O) groups excluding carboxylic acids is 1. The van der Waals surface area contributed by atoms with Crippen LogP contribution in [-0.4, -0.2) is 35.3 Å². The fraction of sp³-hybridized carbons (Fsp3) is 0.389. The molecule has 1 aromatic heterocycles. The van der Waals surface area contributed by atoms with E-state index in [1.54, 1.807) is 19.3 Å². The Morgan fingerprint density at radius 3 is 2.88 bits per heavy atom. The number of amides is 1. The summed E-state index contributed by atoms with van der Waals surface area (Å²) in [5.74, 6) is 0.0510. The van der Waals surface area contributed by atoms with Crippen molar-refractivity contribution < 1.29 is 4.79 Å². The van der Waals surface area contributed by atoms with Crippen molar-refractivity contribution >= 4 is 11.6 Å². The van der Waals surface area contributed by atoms with Gasteiger partial charge in [0.25, 0.3) is 5.56 Å². The number of hydrogen-bond donors (Lipinski definition) is 1. The molecule has 1 fully saturated rings. The molecule has 1 saturated heterocycles. The maximum atomic E-state index is 12.3. The van der Waals surface area contributed by atoms with Crippen molar-refractivity contribution in [3.8, 4) is 0 Å². The van der Waals surface area contributed by atoms with Gasteiger partial charge >= 0.3 is 0 Å². The number of aromatic nitrogens is 2. The van der Waals surface area contributed by atoms with E-state index in [1.165, 1.54) is 10.2 Å². The smallest absolute Gasteiger partial charge is 0.268 e. The second-order valence-corrected chi connectivity index (χ2v) is 6.13. The second-order valence-electron chi connectivity index (χ2n) is 6.13. The Kier molecular flexibility index (Phi) is 4.93. The molecule has 1 amide bonds. The maximum Gasteiger partial charge on any atom is 0.268 e. The lowest BCUT2D eigenvalue weighted by Crippen LogP contribution is -2.34. The van der Waals surface area contributed by atoms with Gasteiger partial charge < -0.3 is 10.2 Å². The molecular weight excluding hydrogens is 304 g/mol. The van der Waals surface area contributed by atoms with Crippen LogP contribution in [0.25, 0.3) is 0 Å². The van der Waals surface area contributed by atoms with Crippen LogP contribution in [0.2, 0.25) is 0 Å². The van der Waals surface area contributed by atoms with Crippen molar-refractivity contribution in [2.24, 2.45) is 13.0 Å². The summed E-state index contributed by atoms with van der Waals surface area (Å²) in [6.45, 7) is 2.05. The summed E-state index contributed by atoms with van der Waals surface area (Å²) >= 11 is 0. The Hall–Kier alpha value is -2.63. The van der Waals surface area contributed by atoms with E-state index in [-0.39, 0.29) is 17.4 Å². The lowest BCUT2D eigenvalue weighted by Gasteiger charge is -2.18. The molecule has 24 heavy (non-hydrogen) atoms. The van der Waals surface area contributed by atoms with Gasteiger partial charge in [0.15, 0.2) is 0 Å². The van der Waals surface area contributed by atoms with Crippen molar-refractivity contribution in [1.29, 1.82) is 0 Å². The zero-order chi connectivity index (χ0) is 16.9. The van der Waals surface area contributed by atoms with E-state index >= 15 is 0 Å². The highest BCUT2D eigenvalue weighted by molar-refractivity contribution is 5.80. The number of hydrogen-bond acceptors (Lipinski definition) is 4. The predicted molar refractivity (Wildman–Crippen MR) is 93.0 cm³/mol. The largest absolute Gasteiger partial charge is 0.369 e. The summed E-state index contributed by atoms with van der Waals surface area (Å²) in [5.41, 5.74) is 1.87. The van der Waals surface area contributed by atoms with Crippen LogP contribution in [0.1, 0.15) is 12.0 Å². The third-order valence-corrected chi connectivity index (χ3v) is 4.43. The predicted octanol–water partition coefficient (Wildman–Crippen LogP) is 0.965. The summed E-state index contributed by atoms with van der Waals surface area (Å²) in [7, 11) is 1.62. The lowest BCUT2D eigenvalue weighted by atomic mass is 10.1. The first-order chi connectivity index (χ1) is 11.6. The maximum absolute atomic E-state index is 12.3. The average molecular weight is 326 g/mol. The van der Waals surface area contributed by atoms with E-state index in [4.69, 9.17) is 0 Å². The molecule has 6 nitrogen and oxygen atoms in total. The van der Waals surface area contributed by atoms with Crippen molar-refractivity contribution in [3.63, 3.8) is 0 Å². The van der Waals surface area contributed by atoms with Crippen molar-refractivity contribution in [2.75, 3.05) is 24.5 Å². The van der Waals surface area contributed by atoms with Gasteiger partial charge in [-0.1, -0.05) is 30.3 Å². The minimum atomic E-state index is -0.136. The van der Waals surface area contributed by atoms with Crippen LogP contribution in [0.4, 0.5) is 5.69 Å². The van der Waals surface area contributed by atoms with Crippen LogP contribution in [-0.2, 0) is 18.3 Å². The Labute approximate surface area is 141 Å². The molecule has 0 bridgehead atoms. The van der Waals surface area contributed by atoms with Gasteiger partial charge in [-0.05, 0) is 18.4 Å². The molecule has 0 saturated carbocycles. The zero-order valence-electron chi connectivity index (χ0n) is 13.8. The van der Waals surface area contributed by atoms with Crippen LogP contribution in [0, 0.1) is 5.92 Å². The third-order valence-electron chi connectivity index (χ3n) is 4.43. The molecule has 1 aliphatic rings. The first-order valence-electron chi connectivity index (χ1n) is 8.23. The molecule has 1 atom stereocenters. The highest BCUT2D eigenvalue weighted by Crippen LogP contribution is 2.22. The minimum absolute atomic E-state index is 0.0372. The van der Waals surface area contributed by atoms with E-state index in [9.17, 15) is 9.59 Å². The SMILES string of the molecule is Cn1ncc(N2CC[C@H](C(=O)NCCc3ccccc3)C2)cc1=O. The van der Waals surface area contributed by atoms with Crippen molar-refractivity contribution in [3.05, 3.63) is 58.5 Å². The summed E-state index contributed by atoms with van der Waals surface area (Å²) in [6.07, 6.45) is 3.31. The molecule has 0 spiro atoms. The van der Waals surface area contributed by atoms with Crippen LogP contribution in [0.15, 0.2) is 47.4 Å². The third kappa shape index (κ3) is 3.82. The van der Waals surface area contributed by atoms with E-state index in [2.05, 4.69) is 27.4 Å². The van der Waals surface area contributed by atoms with Crippen molar-refractivity contribution in [1.82, 2.24) is 15.1 Å². The van der Waals surface area contributed by atoms with Gasteiger partial charge in [-0.2, -0.15) is 5.10 Å². The fourth-order valence-corrected chi connectivity index (χ4v) is 2.96. The molecule has 0 unspecified atom stereocenters. The quantitative estimate of drug-likeness (QED) is 0.889. The van der Waals surface area contributed by atoms with Gasteiger partial charge in [0, 0.05) is 32.7 Å². The first kappa shape index (κ1) is 16.2. The molecule has 2 heterocycles. The van der Waals surface area contributed by atoms with Gasteiger partial charge in [0.2, 0.25) is 5.91 Å². The Balaban J connectivity index is 1.50. The standard InChI is InChI=1S/C18H22N4O2/c1-21-17(23)11-16(12-20-21)22-10-8-15(13-22)18(24)19-9-7-14-5-3-2-4-6-14/h2-6,11-12,15H,7-10,13H2,1H3,(H,19,24)/t15-/m0/s1. The topological polar surface area (TPSA) is 67.2 Å². The summed E-state index contributed by atoms with van der Waals surface area (Å²) < 4.78 is 1.30. The minimum Gasteiger partial charge on any atom is -0.369 e. The Morgan fingerprint density at radius 2 is 2.12 bits per heavy atom. The molecule has 3 rings (SSSR count). The van der Waals surface area contributed by atoms with Gasteiger partial charge in [0.1, 0.15) is 0 Å². The number of aryl methyl sites for hydroxylation is 1. The Bertz CT molecular complexity index is 757. The first-order valence-corrected chi connectivity index (χ1v) is 8.23. The monoisotopic (exact) mass is 326 g/mol. The highest BCUT2D eigenvalue weighted by Gasteiger charge is 2.28. The van der Waals surface area contributed by atoms with E-state index < -0.39 is 0 Å². The number of nitrogens with one attached hydrogen (secondary N) is 1. The molecule has 1 N–H and O–H groups in total. The molecule has 6 heteroatoms. The molecule has 0 aliphatic carbocycles. The van der Waals surface area contributed by atoms with E-state index in [1.807, 2.05) is 18.2 Å². The molecule has 1 aromatic carbocycles. The van der Waals surface area contributed by atoms with Gasteiger partial charge in [-0.15, -0.1) is 0 Å². The zero-order valence-corrected chi connectivity index (χ0v) is 13.8. The van der Waals surface area contributed by atoms with Crippen LogP contribution in [0.3, 0.4) is 0 Å². The van der Waals surface area contributed by atoms with Crippen LogP contribution in [0.5, 0.6) is 0 Å². The normalized spacial score (nSPS) is 17.0. The fourth-order valence-electron chi connectivity index (χ4n) is 2.96. The van der Waals surface area contributed by atoms with Gasteiger partial charge in [0.05, 0.1) is 17.8 Å². The number of anilines is 1. The van der Waals surface area contributed by atoms with E-state index in [0.717, 1.165) is 25.1 Å². The molecule has 126 valence electrons. The number of carbonyl (C=O) groups is 1. The summed E-state index contributed by atoms with van der Waals surface area (Å²) in [6, 6.07) is 11.7. The number of benzene rings is 1. The van der Waals surface area contributed by atoms with Crippen molar-refractivity contribution in [2.45, 2.75) is 12.8 Å².